The summed E-state index contributed by atoms with van der Waals surface area (Å²) in [6.07, 6.45) is 9.19. The van der Waals surface area contributed by atoms with Crippen molar-refractivity contribution in [2.45, 2.75) is 51.4 Å². The molecule has 5 nitrogen and oxygen atoms in total. The van der Waals surface area contributed by atoms with E-state index in [0.29, 0.717) is 29.3 Å². The van der Waals surface area contributed by atoms with Gasteiger partial charge in [0.15, 0.2) is 0 Å². The van der Waals surface area contributed by atoms with Crippen LogP contribution in [0.1, 0.15) is 66.4 Å². The number of hydrogen-bond donors (Lipinski definition) is 2. The number of carboxylic acid groups (broad SMARTS) is 1. The zero-order valence-electron chi connectivity index (χ0n) is 16.7. The number of fused-ring (bicyclic) bond motifs is 5. The first-order valence-electron chi connectivity index (χ1n) is 10.4. The molecular formula is C24H27NO4. The first kappa shape index (κ1) is 19.6. The fourth-order valence-corrected chi connectivity index (χ4v) is 5.83. The molecule has 0 aliphatic heterocycles. The Balaban J connectivity index is 0.000000192. The molecule has 1 heterocycles. The van der Waals surface area contributed by atoms with Crippen LogP contribution in [-0.2, 0) is 11.2 Å². The van der Waals surface area contributed by atoms with Gasteiger partial charge in [0.1, 0.15) is 11.5 Å². The number of carboxylic acids is 1. The fourth-order valence-electron chi connectivity index (χ4n) is 5.83. The number of aromatic hydroxyl groups is 1. The summed E-state index contributed by atoms with van der Waals surface area (Å²) >= 11 is 0. The number of benzene rings is 1. The quantitative estimate of drug-likeness (QED) is 0.739. The van der Waals surface area contributed by atoms with Gasteiger partial charge in [0.05, 0.1) is 5.56 Å². The van der Waals surface area contributed by atoms with E-state index in [1.165, 1.54) is 36.0 Å². The van der Waals surface area contributed by atoms with Gasteiger partial charge in [-0.25, -0.2) is 4.79 Å². The van der Waals surface area contributed by atoms with Crippen LogP contribution in [0, 0.1) is 17.3 Å². The summed E-state index contributed by atoms with van der Waals surface area (Å²) in [5.41, 5.74) is 2.97. The number of pyridine rings is 1. The maximum Gasteiger partial charge on any atom is 0.337 e. The van der Waals surface area contributed by atoms with E-state index in [2.05, 4.69) is 18.0 Å². The minimum absolute atomic E-state index is 0.0322. The van der Waals surface area contributed by atoms with E-state index in [1.54, 1.807) is 6.07 Å². The number of aryl methyl sites for hydroxylation is 1. The Hall–Kier alpha value is -2.69. The van der Waals surface area contributed by atoms with Gasteiger partial charge in [0.2, 0.25) is 0 Å². The van der Waals surface area contributed by atoms with Gasteiger partial charge in [-0.2, -0.15) is 0 Å². The number of phenolic OH excluding ortho intramolecular Hbond substituents is 1. The number of carbonyl (C=O) groups excluding carboxylic acids is 1. The zero-order chi connectivity index (χ0) is 20.6. The third kappa shape index (κ3) is 3.54. The molecule has 5 heteroatoms. The van der Waals surface area contributed by atoms with Gasteiger partial charge in [0.25, 0.3) is 0 Å². The van der Waals surface area contributed by atoms with Gasteiger partial charge >= 0.3 is 5.97 Å². The largest absolute Gasteiger partial charge is 0.508 e. The van der Waals surface area contributed by atoms with E-state index in [1.807, 2.05) is 12.1 Å². The van der Waals surface area contributed by atoms with Crippen molar-refractivity contribution in [1.29, 1.82) is 0 Å². The lowest BCUT2D eigenvalue weighted by Crippen LogP contribution is -2.42. The molecule has 2 aromatic rings. The lowest BCUT2D eigenvalue weighted by molar-refractivity contribution is -0.129. The number of Topliss-reactive ketones (excluding diaryl/α,β-unsaturated/α-hetero) is 1. The average Bonchev–Trinajstić information content (AvgIpc) is 3.03. The molecule has 0 saturated heterocycles. The molecular weight excluding hydrogens is 366 g/mol. The van der Waals surface area contributed by atoms with Crippen molar-refractivity contribution in [2.75, 3.05) is 0 Å². The zero-order valence-corrected chi connectivity index (χ0v) is 16.7. The lowest BCUT2D eigenvalue weighted by Gasteiger charge is -2.48. The number of phenols is 1. The van der Waals surface area contributed by atoms with Crippen LogP contribution in [0.3, 0.4) is 0 Å². The molecule has 1 aromatic carbocycles. The van der Waals surface area contributed by atoms with Crippen LogP contribution in [-0.4, -0.2) is 26.9 Å². The second kappa shape index (κ2) is 7.62. The van der Waals surface area contributed by atoms with E-state index in [4.69, 9.17) is 5.11 Å². The van der Waals surface area contributed by atoms with Crippen LogP contribution >= 0.6 is 0 Å². The van der Waals surface area contributed by atoms with Crippen molar-refractivity contribution < 1.29 is 19.8 Å². The molecule has 0 spiro atoms. The summed E-state index contributed by atoms with van der Waals surface area (Å²) in [7, 11) is 0. The molecule has 2 N–H and O–H groups in total. The Labute approximate surface area is 170 Å². The first-order valence-corrected chi connectivity index (χ1v) is 10.4. The number of ketones is 1. The first-order chi connectivity index (χ1) is 13.9. The number of hydrogen-bond acceptors (Lipinski definition) is 4. The van der Waals surface area contributed by atoms with Gasteiger partial charge in [-0.15, -0.1) is 0 Å². The van der Waals surface area contributed by atoms with E-state index in [-0.39, 0.29) is 11.0 Å². The Kier molecular flexibility index (Phi) is 5.15. The summed E-state index contributed by atoms with van der Waals surface area (Å²) in [6.45, 7) is 2.22. The van der Waals surface area contributed by atoms with Crippen LogP contribution in [0.5, 0.6) is 5.75 Å². The summed E-state index contributed by atoms with van der Waals surface area (Å²) in [5.74, 6) is 1.84. The number of nitrogens with zero attached hydrogens (tertiary/aromatic N) is 1. The Bertz CT molecular complexity index is 926. The van der Waals surface area contributed by atoms with Gasteiger partial charge < -0.3 is 10.2 Å². The van der Waals surface area contributed by atoms with Crippen molar-refractivity contribution in [1.82, 2.24) is 4.98 Å². The average molecular weight is 393 g/mol. The number of aromatic nitrogens is 1. The van der Waals surface area contributed by atoms with E-state index < -0.39 is 5.97 Å². The van der Waals surface area contributed by atoms with Crippen LogP contribution in [0.25, 0.3) is 0 Å². The topological polar surface area (TPSA) is 87.5 Å². The Morgan fingerprint density at radius 1 is 1.17 bits per heavy atom. The molecule has 2 fully saturated rings. The lowest BCUT2D eigenvalue weighted by atomic mass is 9.55. The Morgan fingerprint density at radius 3 is 2.69 bits per heavy atom. The summed E-state index contributed by atoms with van der Waals surface area (Å²) in [6, 6.07) is 8.98. The monoisotopic (exact) mass is 393 g/mol. The molecule has 0 amide bonds. The number of carbonyl (C=O) groups is 2. The van der Waals surface area contributed by atoms with E-state index in [9.17, 15) is 14.7 Å². The maximum absolute atomic E-state index is 12.3. The minimum atomic E-state index is -0.942. The summed E-state index contributed by atoms with van der Waals surface area (Å²) in [4.78, 5) is 26.0. The second-order valence-electron chi connectivity index (χ2n) is 8.76. The molecule has 29 heavy (non-hydrogen) atoms. The Morgan fingerprint density at radius 2 is 2.00 bits per heavy atom. The van der Waals surface area contributed by atoms with Crippen molar-refractivity contribution in [2.24, 2.45) is 17.3 Å². The van der Waals surface area contributed by atoms with E-state index in [0.717, 1.165) is 32.1 Å². The molecule has 152 valence electrons. The molecule has 2 saturated carbocycles. The molecule has 3 aliphatic carbocycles. The molecule has 5 rings (SSSR count). The van der Waals surface area contributed by atoms with Gasteiger partial charge in [0, 0.05) is 24.2 Å². The molecule has 0 bridgehead atoms. The highest BCUT2D eigenvalue weighted by atomic mass is 16.4. The van der Waals surface area contributed by atoms with Crippen molar-refractivity contribution in [3.05, 3.63) is 59.4 Å². The normalized spacial score (nSPS) is 29.7. The summed E-state index contributed by atoms with van der Waals surface area (Å²) < 4.78 is 0. The maximum atomic E-state index is 12.3. The number of aromatic carboxylic acids is 1. The summed E-state index contributed by atoms with van der Waals surface area (Å²) in [5, 5.41) is 18.0. The predicted molar refractivity (Wildman–Crippen MR) is 109 cm³/mol. The molecule has 1 aromatic heterocycles. The van der Waals surface area contributed by atoms with E-state index >= 15 is 0 Å². The van der Waals surface area contributed by atoms with Gasteiger partial charge in [-0.05, 0) is 85.3 Å². The van der Waals surface area contributed by atoms with Crippen LogP contribution in [0.4, 0.5) is 0 Å². The third-order valence-electron chi connectivity index (χ3n) is 7.33. The standard InChI is InChI=1S/C18H22O2.C6H5NO2/c1-18-9-8-14-13-5-3-12(19)10-11(13)2-4-15(14)16(18)6-7-17(18)20;8-6(9)5-2-1-3-7-4-5/h3,5,10,14-16,19H,2,4,6-9H2,1H3;1-4H,(H,8,9)/t14-,15-,16+,18+;/m1./s1. The molecule has 3 aliphatic rings. The van der Waals surface area contributed by atoms with Gasteiger partial charge in [-0.3, -0.25) is 9.78 Å². The van der Waals surface area contributed by atoms with Crippen LogP contribution in [0.2, 0.25) is 0 Å². The highest BCUT2D eigenvalue weighted by Crippen LogP contribution is 2.59. The highest BCUT2D eigenvalue weighted by molar-refractivity contribution is 5.87. The predicted octanol–water partition coefficient (Wildman–Crippen LogP) is 4.60. The third-order valence-corrected chi connectivity index (χ3v) is 7.33. The second-order valence-corrected chi connectivity index (χ2v) is 8.76. The van der Waals surface area contributed by atoms with Crippen LogP contribution in [0.15, 0.2) is 42.7 Å². The SMILES string of the molecule is C[C@]12CC[C@@H]3c4ccc(O)cc4CC[C@H]3[C@@H]1CCC2=O.O=C(O)c1cccnc1. The van der Waals surface area contributed by atoms with Gasteiger partial charge in [-0.1, -0.05) is 13.0 Å². The number of rotatable bonds is 1. The molecule has 0 unspecified atom stereocenters. The molecule has 4 atom stereocenters. The highest BCUT2D eigenvalue weighted by Gasteiger charge is 2.54. The minimum Gasteiger partial charge on any atom is -0.508 e. The fraction of sp³-hybridized carbons (Fsp3) is 0.458. The van der Waals surface area contributed by atoms with Crippen molar-refractivity contribution in [3.63, 3.8) is 0 Å². The van der Waals surface area contributed by atoms with Crippen LogP contribution < -0.4 is 0 Å². The molecule has 0 radical (unpaired) electrons. The van der Waals surface area contributed by atoms with Crippen molar-refractivity contribution >= 4 is 11.8 Å². The smallest absolute Gasteiger partial charge is 0.337 e. The van der Waals surface area contributed by atoms with Crippen molar-refractivity contribution in [3.8, 4) is 5.75 Å².